The van der Waals surface area contributed by atoms with Gasteiger partial charge in [0.25, 0.3) is 5.56 Å². The molecule has 116 valence electrons. The van der Waals surface area contributed by atoms with Crippen LogP contribution >= 0.6 is 0 Å². The normalized spacial score (nSPS) is 11.5. The zero-order valence-electron chi connectivity index (χ0n) is 12.7. The highest BCUT2D eigenvalue weighted by Crippen LogP contribution is 2.35. The number of rotatable bonds is 2. The van der Waals surface area contributed by atoms with Crippen LogP contribution in [0.15, 0.2) is 65.7 Å². The first-order valence-corrected chi connectivity index (χ1v) is 7.76. The van der Waals surface area contributed by atoms with Crippen LogP contribution in [0.2, 0.25) is 0 Å². The molecule has 24 heavy (non-hydrogen) atoms. The minimum absolute atomic E-state index is 0.125. The van der Waals surface area contributed by atoms with Gasteiger partial charge in [0.1, 0.15) is 0 Å². The van der Waals surface area contributed by atoms with Crippen LogP contribution in [-0.2, 0) is 0 Å². The van der Waals surface area contributed by atoms with E-state index in [1.54, 1.807) is 0 Å². The lowest BCUT2D eigenvalue weighted by atomic mass is 10.0. The van der Waals surface area contributed by atoms with E-state index < -0.39 is 0 Å². The summed E-state index contributed by atoms with van der Waals surface area (Å²) >= 11 is 0. The maximum Gasteiger partial charge on any atom is 0.272 e. The molecule has 0 saturated carbocycles. The van der Waals surface area contributed by atoms with Crippen LogP contribution in [0.5, 0.6) is 0 Å². The molecule has 0 aliphatic carbocycles. The Kier molecular flexibility index (Phi) is 2.58. The van der Waals surface area contributed by atoms with E-state index in [0.717, 1.165) is 38.6 Å². The summed E-state index contributed by atoms with van der Waals surface area (Å²) in [4.78, 5) is 19.0. The van der Waals surface area contributed by atoms with Gasteiger partial charge in [-0.2, -0.15) is 0 Å². The lowest BCUT2D eigenvalue weighted by molar-refractivity contribution is 1.06. The molecule has 0 aliphatic heterocycles. The second kappa shape index (κ2) is 4.76. The number of H-pyrrole nitrogens is 4. The molecule has 5 nitrogen and oxygen atoms in total. The number of aromatic nitrogens is 4. The second-order valence-corrected chi connectivity index (χ2v) is 5.82. The number of hydrogen-bond donors (Lipinski definition) is 4. The van der Waals surface area contributed by atoms with Crippen LogP contribution in [0.4, 0.5) is 0 Å². The van der Waals surface area contributed by atoms with Crippen LogP contribution in [0.1, 0.15) is 0 Å². The van der Waals surface area contributed by atoms with Gasteiger partial charge in [-0.3, -0.25) is 15.0 Å². The van der Waals surface area contributed by atoms with Crippen LogP contribution < -0.4 is 5.56 Å². The van der Waals surface area contributed by atoms with Crippen LogP contribution in [-0.4, -0.2) is 20.2 Å². The van der Waals surface area contributed by atoms with E-state index in [0.29, 0.717) is 5.56 Å². The van der Waals surface area contributed by atoms with Gasteiger partial charge in [0.15, 0.2) is 0 Å². The van der Waals surface area contributed by atoms with Crippen molar-refractivity contribution in [1.29, 1.82) is 0 Å². The lowest BCUT2D eigenvalue weighted by Gasteiger charge is -2.01. The van der Waals surface area contributed by atoms with Gasteiger partial charge in [-0.25, -0.2) is 0 Å². The predicted molar refractivity (Wildman–Crippen MR) is 96.0 cm³/mol. The van der Waals surface area contributed by atoms with Gasteiger partial charge in [-0.15, -0.1) is 0 Å². The Morgan fingerprint density at radius 1 is 0.667 bits per heavy atom. The second-order valence-electron chi connectivity index (χ2n) is 5.82. The number of benzene rings is 2. The van der Waals surface area contributed by atoms with Gasteiger partial charge in [0.05, 0.1) is 11.3 Å². The molecular weight excluding hydrogens is 300 g/mol. The molecule has 0 bridgehead atoms. The largest absolute Gasteiger partial charge is 0.361 e. The molecule has 0 fully saturated rings. The fraction of sp³-hybridized carbons (Fsp3) is 0. The smallest absolute Gasteiger partial charge is 0.272 e. The molecule has 5 heteroatoms. The van der Waals surface area contributed by atoms with Gasteiger partial charge < -0.3 is 9.97 Å². The van der Waals surface area contributed by atoms with Crippen LogP contribution in [0.25, 0.3) is 44.2 Å². The third kappa shape index (κ3) is 1.72. The average Bonchev–Trinajstić information content (AvgIpc) is 3.31. The van der Waals surface area contributed by atoms with Crippen molar-refractivity contribution >= 4 is 21.8 Å². The molecule has 2 aromatic carbocycles. The first-order chi connectivity index (χ1) is 11.8. The van der Waals surface area contributed by atoms with Crippen molar-refractivity contribution in [3.63, 3.8) is 0 Å². The van der Waals surface area contributed by atoms with Crippen LogP contribution in [0, 0.1) is 0 Å². The highest BCUT2D eigenvalue weighted by atomic mass is 16.1. The van der Waals surface area contributed by atoms with E-state index in [2.05, 4.69) is 20.2 Å². The standard InChI is InChI=1S/C19H14N4O/c24-19-17(13-9-20-15-7-3-1-5-11(13)15)18(22-23-19)14-10-21-16-8-4-2-6-12(14)16/h1-10,20-21H,(H2,22,23,24). The minimum Gasteiger partial charge on any atom is -0.361 e. The first kappa shape index (κ1) is 13.0. The van der Waals surface area contributed by atoms with Crippen LogP contribution in [0.3, 0.4) is 0 Å². The third-order valence-corrected chi connectivity index (χ3v) is 4.50. The Labute approximate surface area is 136 Å². The molecule has 4 N–H and O–H groups in total. The first-order valence-electron chi connectivity index (χ1n) is 7.76. The summed E-state index contributed by atoms with van der Waals surface area (Å²) in [5, 5.41) is 7.89. The molecule has 0 aliphatic rings. The molecule has 5 aromatic rings. The maximum atomic E-state index is 12.5. The minimum atomic E-state index is -0.125. The number of para-hydroxylation sites is 2. The van der Waals surface area contributed by atoms with E-state index in [-0.39, 0.29) is 5.56 Å². The molecule has 3 heterocycles. The summed E-state index contributed by atoms with van der Waals surface area (Å²) < 4.78 is 0. The van der Waals surface area contributed by atoms with Crippen molar-refractivity contribution in [3.8, 4) is 22.4 Å². The summed E-state index contributed by atoms with van der Waals surface area (Å²) in [5.41, 5.74) is 5.24. The number of hydrogen-bond acceptors (Lipinski definition) is 1. The topological polar surface area (TPSA) is 80.2 Å². The van der Waals surface area contributed by atoms with E-state index in [9.17, 15) is 4.79 Å². The zero-order valence-corrected chi connectivity index (χ0v) is 12.7. The average molecular weight is 314 g/mol. The van der Waals surface area contributed by atoms with Crippen molar-refractivity contribution in [2.24, 2.45) is 0 Å². The molecule has 5 rings (SSSR count). The number of aromatic amines is 4. The Bertz CT molecular complexity index is 1230. The lowest BCUT2D eigenvalue weighted by Crippen LogP contribution is -2.01. The SMILES string of the molecule is O=c1[nH][nH]c(-c2c[nH]c3ccccc23)c1-c1c[nH]c2ccccc12. The van der Waals surface area contributed by atoms with Gasteiger partial charge in [-0.1, -0.05) is 36.4 Å². The van der Waals surface area contributed by atoms with Gasteiger partial charge >= 0.3 is 0 Å². The third-order valence-electron chi connectivity index (χ3n) is 4.50. The van der Waals surface area contributed by atoms with Gasteiger partial charge in [0.2, 0.25) is 0 Å². The van der Waals surface area contributed by atoms with Crippen molar-refractivity contribution in [1.82, 2.24) is 20.2 Å². The fourth-order valence-corrected chi connectivity index (χ4v) is 3.37. The van der Waals surface area contributed by atoms with Gasteiger partial charge in [0, 0.05) is 45.3 Å². The molecule has 0 saturated heterocycles. The van der Waals surface area contributed by atoms with Crippen molar-refractivity contribution in [2.45, 2.75) is 0 Å². The summed E-state index contributed by atoms with van der Waals surface area (Å²) in [7, 11) is 0. The molecule has 0 atom stereocenters. The Morgan fingerprint density at radius 3 is 1.96 bits per heavy atom. The summed E-state index contributed by atoms with van der Waals surface area (Å²) in [6.45, 7) is 0. The summed E-state index contributed by atoms with van der Waals surface area (Å²) in [6, 6.07) is 16.0. The van der Waals surface area contributed by atoms with Crippen molar-refractivity contribution < 1.29 is 0 Å². The van der Waals surface area contributed by atoms with Crippen molar-refractivity contribution in [2.75, 3.05) is 0 Å². The summed E-state index contributed by atoms with van der Waals surface area (Å²) in [5.74, 6) is 0. The van der Waals surface area contributed by atoms with E-state index >= 15 is 0 Å². The van der Waals surface area contributed by atoms with Gasteiger partial charge in [-0.05, 0) is 12.1 Å². The number of fused-ring (bicyclic) bond motifs is 2. The summed E-state index contributed by atoms with van der Waals surface area (Å²) in [6.07, 6.45) is 3.82. The molecule has 3 aromatic heterocycles. The maximum absolute atomic E-state index is 12.5. The predicted octanol–water partition coefficient (Wildman–Crippen LogP) is 4.00. The monoisotopic (exact) mass is 314 g/mol. The van der Waals surface area contributed by atoms with E-state index in [1.165, 1.54) is 0 Å². The Balaban J connectivity index is 1.83. The zero-order chi connectivity index (χ0) is 16.1. The quantitative estimate of drug-likeness (QED) is 0.390. The molecule has 0 unspecified atom stereocenters. The fourth-order valence-electron chi connectivity index (χ4n) is 3.37. The number of nitrogens with one attached hydrogen (secondary N) is 4. The highest BCUT2D eigenvalue weighted by molar-refractivity contribution is 6.03. The molecular formula is C19H14N4O. The van der Waals surface area contributed by atoms with Crippen molar-refractivity contribution in [3.05, 3.63) is 71.3 Å². The van der Waals surface area contributed by atoms with E-state index in [4.69, 9.17) is 0 Å². The highest BCUT2D eigenvalue weighted by Gasteiger charge is 2.19. The Morgan fingerprint density at radius 2 is 1.25 bits per heavy atom. The Hall–Kier alpha value is -3.47. The molecule has 0 amide bonds. The molecule has 0 spiro atoms. The molecule has 0 radical (unpaired) electrons. The van der Waals surface area contributed by atoms with E-state index in [1.807, 2.05) is 60.9 Å².